The van der Waals surface area contributed by atoms with Crippen LogP contribution in [0.5, 0.6) is 5.75 Å². The zero-order valence-corrected chi connectivity index (χ0v) is 10.8. The zero-order chi connectivity index (χ0) is 14.4. The number of rotatable bonds is 6. The molecule has 4 N–H and O–H groups in total. The number of hydrazine groups is 1. The third-order valence-electron chi connectivity index (χ3n) is 2.72. The molecule has 106 valence electrons. The third-order valence-corrected chi connectivity index (χ3v) is 2.72. The van der Waals surface area contributed by atoms with Gasteiger partial charge in [0.25, 0.3) is 0 Å². The van der Waals surface area contributed by atoms with E-state index in [9.17, 15) is 4.79 Å². The minimum Gasteiger partial charge on any atom is -0.486 e. The maximum Gasteiger partial charge on any atom is 0.300 e. The Morgan fingerprint density at radius 3 is 2.65 bits per heavy atom. The van der Waals surface area contributed by atoms with Gasteiger partial charge in [0, 0.05) is 6.61 Å². The second-order valence-electron chi connectivity index (χ2n) is 4.15. The predicted molar refractivity (Wildman–Crippen MR) is 71.9 cm³/mol. The lowest BCUT2D eigenvalue weighted by Gasteiger charge is -2.05. The number of aliphatic hydroxyl groups is 1. The number of furan rings is 1. The van der Waals surface area contributed by atoms with Crippen LogP contribution in [0.25, 0.3) is 0 Å². The SMILES string of the molecule is NNC(=O)c1ccc(COc2ccc(CCO)cc2)o1. The third kappa shape index (κ3) is 3.59. The Hall–Kier alpha value is -2.31. The highest BCUT2D eigenvalue weighted by molar-refractivity contribution is 5.90. The standard InChI is InChI=1S/C14H16N2O4/c15-16-14(18)13-6-5-12(20-13)9-19-11-3-1-10(2-4-11)7-8-17/h1-6,17H,7-9,15H2,(H,16,18). The number of nitrogens with two attached hydrogens (primary N) is 1. The minimum atomic E-state index is -0.482. The van der Waals surface area contributed by atoms with Crippen molar-refractivity contribution in [3.05, 3.63) is 53.5 Å². The molecule has 0 radical (unpaired) electrons. The summed E-state index contributed by atoms with van der Waals surface area (Å²) in [6.07, 6.45) is 0.621. The Labute approximate surface area is 116 Å². The van der Waals surface area contributed by atoms with E-state index in [0.717, 1.165) is 5.56 Å². The molecule has 1 aromatic heterocycles. The van der Waals surface area contributed by atoms with Crippen LogP contribution in [0.3, 0.4) is 0 Å². The summed E-state index contributed by atoms with van der Waals surface area (Å²) < 4.78 is 10.8. The predicted octanol–water partition coefficient (Wildman–Crippen LogP) is 0.997. The van der Waals surface area contributed by atoms with Gasteiger partial charge in [-0.25, -0.2) is 5.84 Å². The number of ether oxygens (including phenoxy) is 1. The summed E-state index contributed by atoms with van der Waals surface area (Å²) in [6.45, 7) is 0.343. The van der Waals surface area contributed by atoms with Gasteiger partial charge in [-0.05, 0) is 36.2 Å². The molecule has 1 heterocycles. The van der Waals surface area contributed by atoms with Crippen molar-refractivity contribution in [1.82, 2.24) is 5.43 Å². The lowest BCUT2D eigenvalue weighted by atomic mass is 10.1. The summed E-state index contributed by atoms with van der Waals surface area (Å²) in [6, 6.07) is 10.6. The fourth-order valence-electron chi connectivity index (χ4n) is 1.68. The summed E-state index contributed by atoms with van der Waals surface area (Å²) in [5, 5.41) is 8.82. The van der Waals surface area contributed by atoms with Gasteiger partial charge in [0.05, 0.1) is 0 Å². The number of carbonyl (C=O) groups excluding carboxylic acids is 1. The average molecular weight is 276 g/mol. The van der Waals surface area contributed by atoms with Gasteiger partial charge in [0.2, 0.25) is 0 Å². The first-order chi connectivity index (χ1) is 9.72. The van der Waals surface area contributed by atoms with E-state index in [2.05, 4.69) is 0 Å². The Bertz CT molecular complexity index is 563. The van der Waals surface area contributed by atoms with Crippen molar-refractivity contribution in [1.29, 1.82) is 0 Å². The number of benzene rings is 1. The number of carbonyl (C=O) groups is 1. The van der Waals surface area contributed by atoms with E-state index in [-0.39, 0.29) is 19.0 Å². The lowest BCUT2D eigenvalue weighted by Crippen LogP contribution is -2.29. The van der Waals surface area contributed by atoms with E-state index in [1.807, 2.05) is 29.7 Å². The molecule has 0 saturated carbocycles. The van der Waals surface area contributed by atoms with Crippen molar-refractivity contribution in [2.45, 2.75) is 13.0 Å². The van der Waals surface area contributed by atoms with Crippen LogP contribution < -0.4 is 16.0 Å². The number of aliphatic hydroxyl groups excluding tert-OH is 1. The van der Waals surface area contributed by atoms with Gasteiger partial charge in [-0.15, -0.1) is 0 Å². The summed E-state index contributed by atoms with van der Waals surface area (Å²) in [4.78, 5) is 11.2. The number of nitrogens with one attached hydrogen (secondary N) is 1. The lowest BCUT2D eigenvalue weighted by molar-refractivity contribution is 0.0922. The van der Waals surface area contributed by atoms with Gasteiger partial charge < -0.3 is 14.3 Å². The fourth-order valence-corrected chi connectivity index (χ4v) is 1.68. The summed E-state index contributed by atoms with van der Waals surface area (Å²) >= 11 is 0. The van der Waals surface area contributed by atoms with Crippen molar-refractivity contribution in [2.24, 2.45) is 5.84 Å². The maximum absolute atomic E-state index is 11.2. The van der Waals surface area contributed by atoms with Crippen LogP contribution in [0.1, 0.15) is 21.9 Å². The van der Waals surface area contributed by atoms with Crippen LogP contribution >= 0.6 is 0 Å². The molecule has 0 aliphatic heterocycles. The highest BCUT2D eigenvalue weighted by Crippen LogP contribution is 2.15. The van der Waals surface area contributed by atoms with Gasteiger partial charge >= 0.3 is 5.91 Å². The molecule has 0 unspecified atom stereocenters. The van der Waals surface area contributed by atoms with Gasteiger partial charge in [-0.2, -0.15) is 0 Å². The number of hydrogen-bond donors (Lipinski definition) is 3. The van der Waals surface area contributed by atoms with Crippen LogP contribution in [0.4, 0.5) is 0 Å². The van der Waals surface area contributed by atoms with Crippen LogP contribution in [0.2, 0.25) is 0 Å². The van der Waals surface area contributed by atoms with Crippen LogP contribution in [0, 0.1) is 0 Å². The van der Waals surface area contributed by atoms with E-state index in [4.69, 9.17) is 20.1 Å². The Balaban J connectivity index is 1.91. The molecule has 0 spiro atoms. The molecular weight excluding hydrogens is 260 g/mol. The normalized spacial score (nSPS) is 10.3. The Kier molecular flexibility index (Phi) is 4.75. The molecule has 0 aliphatic rings. The van der Waals surface area contributed by atoms with Crippen LogP contribution in [-0.4, -0.2) is 17.6 Å². The molecule has 0 saturated heterocycles. The van der Waals surface area contributed by atoms with E-state index in [1.54, 1.807) is 6.07 Å². The quantitative estimate of drug-likeness (QED) is 0.415. The van der Waals surface area contributed by atoms with Crippen LogP contribution in [0.15, 0.2) is 40.8 Å². The first-order valence-electron chi connectivity index (χ1n) is 6.15. The van der Waals surface area contributed by atoms with E-state index in [1.165, 1.54) is 6.07 Å². The highest BCUT2D eigenvalue weighted by Gasteiger charge is 2.09. The van der Waals surface area contributed by atoms with E-state index >= 15 is 0 Å². The van der Waals surface area contributed by atoms with Gasteiger partial charge in [0.15, 0.2) is 5.76 Å². The Morgan fingerprint density at radius 2 is 2.00 bits per heavy atom. The van der Waals surface area contributed by atoms with Crippen LogP contribution in [-0.2, 0) is 13.0 Å². The molecule has 6 nitrogen and oxygen atoms in total. The fraction of sp³-hybridized carbons (Fsp3) is 0.214. The molecule has 0 aliphatic carbocycles. The molecule has 6 heteroatoms. The zero-order valence-electron chi connectivity index (χ0n) is 10.8. The first-order valence-corrected chi connectivity index (χ1v) is 6.15. The Morgan fingerprint density at radius 1 is 1.25 bits per heavy atom. The highest BCUT2D eigenvalue weighted by atomic mass is 16.5. The topological polar surface area (TPSA) is 97.7 Å². The summed E-state index contributed by atoms with van der Waals surface area (Å²) in [7, 11) is 0. The number of nitrogen functional groups attached to an aromatic ring is 1. The second kappa shape index (κ2) is 6.74. The molecule has 20 heavy (non-hydrogen) atoms. The number of hydrogen-bond acceptors (Lipinski definition) is 5. The summed E-state index contributed by atoms with van der Waals surface area (Å²) in [5.41, 5.74) is 3.03. The second-order valence-corrected chi connectivity index (χ2v) is 4.15. The maximum atomic E-state index is 11.2. The molecule has 0 bridgehead atoms. The molecule has 2 aromatic rings. The van der Waals surface area contributed by atoms with Crippen molar-refractivity contribution >= 4 is 5.91 Å². The van der Waals surface area contributed by atoms with Crippen molar-refractivity contribution in [3.8, 4) is 5.75 Å². The van der Waals surface area contributed by atoms with E-state index < -0.39 is 5.91 Å². The van der Waals surface area contributed by atoms with Crippen molar-refractivity contribution < 1.29 is 19.1 Å². The van der Waals surface area contributed by atoms with Gasteiger partial charge in [-0.1, -0.05) is 12.1 Å². The molecule has 0 atom stereocenters. The van der Waals surface area contributed by atoms with Gasteiger partial charge in [0.1, 0.15) is 18.1 Å². The molecule has 2 rings (SSSR count). The largest absolute Gasteiger partial charge is 0.486 e. The minimum absolute atomic E-state index is 0.124. The average Bonchev–Trinajstić information content (AvgIpc) is 2.95. The number of amides is 1. The van der Waals surface area contributed by atoms with Crippen molar-refractivity contribution in [2.75, 3.05) is 6.61 Å². The van der Waals surface area contributed by atoms with Gasteiger partial charge in [-0.3, -0.25) is 10.2 Å². The molecule has 1 amide bonds. The molecule has 1 aromatic carbocycles. The van der Waals surface area contributed by atoms with Crippen molar-refractivity contribution in [3.63, 3.8) is 0 Å². The monoisotopic (exact) mass is 276 g/mol. The smallest absolute Gasteiger partial charge is 0.300 e. The first kappa shape index (κ1) is 14.1. The molecule has 0 fully saturated rings. The van der Waals surface area contributed by atoms with E-state index in [0.29, 0.717) is 17.9 Å². The summed E-state index contributed by atoms with van der Waals surface area (Å²) in [5.74, 6) is 5.89. The molecular formula is C14H16N2O4.